The second-order valence-corrected chi connectivity index (χ2v) is 7.15. The minimum Gasteiger partial charge on any atom is -0.356 e. The van der Waals surface area contributed by atoms with Crippen LogP contribution in [0.3, 0.4) is 0 Å². The van der Waals surface area contributed by atoms with E-state index in [1.807, 2.05) is 31.3 Å². The van der Waals surface area contributed by atoms with Gasteiger partial charge in [0, 0.05) is 45.3 Å². The number of hydrogen-bond donors (Lipinski definition) is 3. The highest BCUT2D eigenvalue weighted by atomic mass is 127. The van der Waals surface area contributed by atoms with Crippen molar-refractivity contribution in [2.24, 2.45) is 4.99 Å². The number of likely N-dealkylation sites (tertiary alicyclic amines) is 1. The molecule has 7 heteroatoms. The fourth-order valence-electron chi connectivity index (χ4n) is 3.64. The summed E-state index contributed by atoms with van der Waals surface area (Å²) < 4.78 is 0. The molecule has 1 aromatic rings. The van der Waals surface area contributed by atoms with E-state index in [4.69, 9.17) is 0 Å². The van der Waals surface area contributed by atoms with Gasteiger partial charge in [-0.1, -0.05) is 25.5 Å². The summed E-state index contributed by atoms with van der Waals surface area (Å²) in [6, 6.07) is 8.71. The Morgan fingerprint density at radius 3 is 2.54 bits per heavy atom. The highest BCUT2D eigenvalue weighted by Gasteiger charge is 2.19. The normalized spacial score (nSPS) is 17.5. The number of aliphatic imine (C=N–C) groups is 1. The van der Waals surface area contributed by atoms with Crippen molar-refractivity contribution in [1.82, 2.24) is 15.5 Å². The fourth-order valence-corrected chi connectivity index (χ4v) is 3.64. The van der Waals surface area contributed by atoms with Crippen LogP contribution in [0, 0.1) is 0 Å². The van der Waals surface area contributed by atoms with Crippen molar-refractivity contribution >= 4 is 41.5 Å². The van der Waals surface area contributed by atoms with E-state index in [1.165, 1.54) is 44.7 Å². The molecule has 3 N–H and O–H groups in total. The summed E-state index contributed by atoms with van der Waals surface area (Å²) in [6.07, 6.45) is 6.19. The molecule has 0 aliphatic carbocycles. The number of rotatable bonds is 8. The Hall–Kier alpha value is -1.35. The standard InChI is InChI=1S/C21H35N5O.HI/c1-4-20-7-5-6-15-26(20)16-14-24-21(22-3)23-13-12-18-8-10-19(11-9-18)25-17(2)27;/h8-11,20H,4-7,12-16H2,1-3H3,(H,25,27)(H2,22,23,24);1H. The summed E-state index contributed by atoms with van der Waals surface area (Å²) in [5, 5.41) is 9.59. The van der Waals surface area contributed by atoms with Crippen LogP contribution in [-0.4, -0.2) is 56.0 Å². The van der Waals surface area contributed by atoms with Gasteiger partial charge in [-0.2, -0.15) is 0 Å². The van der Waals surface area contributed by atoms with Crippen LogP contribution in [0.5, 0.6) is 0 Å². The van der Waals surface area contributed by atoms with E-state index in [1.54, 1.807) is 0 Å². The average molecular weight is 501 g/mol. The number of guanidine groups is 1. The molecule has 2 rings (SSSR count). The highest BCUT2D eigenvalue weighted by Crippen LogP contribution is 2.18. The Balaban J connectivity index is 0.00000392. The van der Waals surface area contributed by atoms with Gasteiger partial charge in [0.1, 0.15) is 0 Å². The van der Waals surface area contributed by atoms with Gasteiger partial charge in [-0.3, -0.25) is 14.7 Å². The number of halogens is 1. The fraction of sp³-hybridized carbons (Fsp3) is 0.619. The minimum absolute atomic E-state index is 0. The first kappa shape index (κ1) is 24.7. The molecule has 1 saturated heterocycles. The maximum Gasteiger partial charge on any atom is 0.221 e. The summed E-state index contributed by atoms with van der Waals surface area (Å²) in [6.45, 7) is 7.84. The Labute approximate surface area is 187 Å². The number of anilines is 1. The molecule has 0 bridgehead atoms. The van der Waals surface area contributed by atoms with E-state index >= 15 is 0 Å². The maximum atomic E-state index is 11.1. The van der Waals surface area contributed by atoms with Crippen molar-refractivity contribution < 1.29 is 4.79 Å². The predicted molar refractivity (Wildman–Crippen MR) is 129 cm³/mol. The Morgan fingerprint density at radius 2 is 1.89 bits per heavy atom. The molecule has 1 amide bonds. The van der Waals surface area contributed by atoms with E-state index in [0.717, 1.165) is 43.7 Å². The van der Waals surface area contributed by atoms with Crippen molar-refractivity contribution in [2.45, 2.75) is 52.0 Å². The largest absolute Gasteiger partial charge is 0.356 e. The van der Waals surface area contributed by atoms with Gasteiger partial charge in [-0.05, 0) is 49.9 Å². The Morgan fingerprint density at radius 1 is 1.18 bits per heavy atom. The Kier molecular flexibility index (Phi) is 12.1. The number of carbonyl (C=O) groups is 1. The molecule has 0 aromatic heterocycles. The van der Waals surface area contributed by atoms with Gasteiger partial charge in [-0.25, -0.2) is 0 Å². The van der Waals surface area contributed by atoms with Gasteiger partial charge < -0.3 is 16.0 Å². The van der Waals surface area contributed by atoms with Crippen LogP contribution >= 0.6 is 24.0 Å². The number of nitrogens with zero attached hydrogens (tertiary/aromatic N) is 2. The first-order chi connectivity index (χ1) is 13.1. The number of carbonyl (C=O) groups excluding carboxylic acids is 1. The van der Waals surface area contributed by atoms with Gasteiger partial charge in [0.15, 0.2) is 5.96 Å². The third-order valence-electron chi connectivity index (χ3n) is 5.12. The van der Waals surface area contributed by atoms with E-state index in [9.17, 15) is 4.79 Å². The Bertz CT molecular complexity index is 605. The summed E-state index contributed by atoms with van der Waals surface area (Å²) in [4.78, 5) is 18.0. The van der Waals surface area contributed by atoms with Gasteiger partial charge in [0.2, 0.25) is 5.91 Å². The van der Waals surface area contributed by atoms with Crippen LogP contribution in [-0.2, 0) is 11.2 Å². The van der Waals surface area contributed by atoms with E-state index < -0.39 is 0 Å². The van der Waals surface area contributed by atoms with Crippen LogP contribution in [0.2, 0.25) is 0 Å². The number of nitrogens with one attached hydrogen (secondary N) is 3. The van der Waals surface area contributed by atoms with Crippen molar-refractivity contribution in [3.8, 4) is 0 Å². The topological polar surface area (TPSA) is 68.8 Å². The lowest BCUT2D eigenvalue weighted by Gasteiger charge is -2.35. The molecule has 1 unspecified atom stereocenters. The third-order valence-corrected chi connectivity index (χ3v) is 5.12. The second kappa shape index (κ2) is 13.8. The first-order valence-corrected chi connectivity index (χ1v) is 10.2. The number of amides is 1. The summed E-state index contributed by atoms with van der Waals surface area (Å²) in [5.74, 6) is 0.809. The quantitative estimate of drug-likeness (QED) is 0.291. The van der Waals surface area contributed by atoms with Crippen molar-refractivity contribution in [1.29, 1.82) is 0 Å². The lowest BCUT2D eigenvalue weighted by Crippen LogP contribution is -2.46. The number of benzene rings is 1. The molecule has 6 nitrogen and oxygen atoms in total. The molecule has 1 fully saturated rings. The van der Waals surface area contributed by atoms with Crippen LogP contribution in [0.25, 0.3) is 0 Å². The van der Waals surface area contributed by atoms with E-state index in [-0.39, 0.29) is 29.9 Å². The van der Waals surface area contributed by atoms with Crippen LogP contribution in [0.1, 0.15) is 45.1 Å². The van der Waals surface area contributed by atoms with Crippen LogP contribution in [0.15, 0.2) is 29.3 Å². The summed E-state index contributed by atoms with van der Waals surface area (Å²) in [7, 11) is 1.81. The molecule has 28 heavy (non-hydrogen) atoms. The lowest BCUT2D eigenvalue weighted by molar-refractivity contribution is -0.114. The molecular formula is C21H36IN5O. The molecule has 1 heterocycles. The van der Waals surface area contributed by atoms with E-state index in [0.29, 0.717) is 0 Å². The predicted octanol–water partition coefficient (Wildman–Crippen LogP) is 3.24. The zero-order valence-corrected chi connectivity index (χ0v) is 19.8. The van der Waals surface area contributed by atoms with Crippen LogP contribution < -0.4 is 16.0 Å². The number of piperidine rings is 1. The van der Waals surface area contributed by atoms with Gasteiger partial charge in [-0.15, -0.1) is 24.0 Å². The monoisotopic (exact) mass is 501 g/mol. The molecule has 0 saturated carbocycles. The van der Waals surface area contributed by atoms with Gasteiger partial charge in [0.25, 0.3) is 0 Å². The van der Waals surface area contributed by atoms with Gasteiger partial charge >= 0.3 is 0 Å². The molecule has 1 aromatic carbocycles. The molecule has 0 radical (unpaired) electrons. The molecule has 158 valence electrons. The van der Waals surface area contributed by atoms with E-state index in [2.05, 4.69) is 32.8 Å². The lowest BCUT2D eigenvalue weighted by atomic mass is 10.0. The number of hydrogen-bond acceptors (Lipinski definition) is 3. The van der Waals surface area contributed by atoms with Crippen molar-refractivity contribution in [3.63, 3.8) is 0 Å². The zero-order chi connectivity index (χ0) is 19.5. The smallest absolute Gasteiger partial charge is 0.221 e. The van der Waals surface area contributed by atoms with Crippen molar-refractivity contribution in [3.05, 3.63) is 29.8 Å². The second-order valence-electron chi connectivity index (χ2n) is 7.15. The van der Waals surface area contributed by atoms with Gasteiger partial charge in [0.05, 0.1) is 0 Å². The maximum absolute atomic E-state index is 11.1. The minimum atomic E-state index is -0.0471. The summed E-state index contributed by atoms with van der Waals surface area (Å²) in [5.41, 5.74) is 2.06. The highest BCUT2D eigenvalue weighted by molar-refractivity contribution is 14.0. The zero-order valence-electron chi connectivity index (χ0n) is 17.5. The molecule has 1 aliphatic heterocycles. The molecule has 1 atom stereocenters. The third kappa shape index (κ3) is 8.77. The molecule has 0 spiro atoms. The molecular weight excluding hydrogens is 465 g/mol. The summed E-state index contributed by atoms with van der Waals surface area (Å²) >= 11 is 0. The SMILES string of the molecule is CCC1CCCCN1CCNC(=NC)NCCc1ccc(NC(C)=O)cc1.I. The molecule has 1 aliphatic rings. The average Bonchev–Trinajstić information content (AvgIpc) is 2.68. The van der Waals surface area contributed by atoms with Crippen LogP contribution in [0.4, 0.5) is 5.69 Å². The first-order valence-electron chi connectivity index (χ1n) is 10.2. The van der Waals surface area contributed by atoms with Crippen molar-refractivity contribution in [2.75, 3.05) is 38.5 Å².